The Morgan fingerprint density at radius 3 is 3.00 bits per heavy atom. The summed E-state index contributed by atoms with van der Waals surface area (Å²) in [5, 5.41) is 12.5. The molecule has 5 atom stereocenters. The predicted molar refractivity (Wildman–Crippen MR) is 104 cm³/mol. The third kappa shape index (κ3) is 2.63. The Kier molecular flexibility index (Phi) is 4.49. The van der Waals surface area contributed by atoms with Crippen molar-refractivity contribution < 1.29 is 14.3 Å². The van der Waals surface area contributed by atoms with Crippen LogP contribution < -0.4 is 4.74 Å². The van der Waals surface area contributed by atoms with Crippen molar-refractivity contribution in [2.24, 2.45) is 11.8 Å². The first kappa shape index (κ1) is 17.5. The molecule has 0 spiro atoms. The van der Waals surface area contributed by atoms with Crippen LogP contribution in [0.2, 0.25) is 0 Å². The Balaban J connectivity index is 1.75. The molecule has 4 heterocycles. The summed E-state index contributed by atoms with van der Waals surface area (Å²) in [5.41, 5.74) is 1.89. The third-order valence-corrected chi connectivity index (χ3v) is 6.97. The summed E-state index contributed by atoms with van der Waals surface area (Å²) in [7, 11) is 1.67. The van der Waals surface area contributed by atoms with Crippen molar-refractivity contribution in [3.8, 4) is 5.75 Å². The van der Waals surface area contributed by atoms with Crippen LogP contribution in [-0.4, -0.2) is 47.4 Å². The van der Waals surface area contributed by atoms with Gasteiger partial charge in [0.05, 0.1) is 32.3 Å². The van der Waals surface area contributed by atoms with Crippen molar-refractivity contribution in [2.45, 2.75) is 31.9 Å². The highest BCUT2D eigenvalue weighted by Crippen LogP contribution is 2.46. The van der Waals surface area contributed by atoms with Gasteiger partial charge in [0.1, 0.15) is 17.9 Å². The number of rotatable bonds is 5. The van der Waals surface area contributed by atoms with Crippen molar-refractivity contribution in [2.75, 3.05) is 26.7 Å². The van der Waals surface area contributed by atoms with E-state index in [-0.39, 0.29) is 6.04 Å². The van der Waals surface area contributed by atoms with Gasteiger partial charge in [0.25, 0.3) is 0 Å². The van der Waals surface area contributed by atoms with Gasteiger partial charge < -0.3 is 14.3 Å². The van der Waals surface area contributed by atoms with E-state index in [2.05, 4.69) is 24.6 Å². The lowest BCUT2D eigenvalue weighted by Crippen LogP contribution is -2.68. The average molecular weight is 353 g/mol. The monoisotopic (exact) mass is 353 g/mol. The molecule has 3 fully saturated rings. The van der Waals surface area contributed by atoms with Crippen molar-refractivity contribution >= 4 is 10.9 Å². The number of aliphatic hydroxyl groups excluding tert-OH is 1. The maximum absolute atomic E-state index is 11.5. The highest BCUT2D eigenvalue weighted by Gasteiger charge is 2.53. The molecule has 138 valence electrons. The van der Waals surface area contributed by atoms with Crippen LogP contribution in [0.25, 0.3) is 10.9 Å². The smallest absolute Gasteiger partial charge is 0.131 e. The Labute approximate surface area is 155 Å². The summed E-state index contributed by atoms with van der Waals surface area (Å²) in [6.45, 7) is 9.66. The molecule has 5 rings (SSSR count). The summed E-state index contributed by atoms with van der Waals surface area (Å²) in [6.07, 6.45) is 5.79. The number of hydrogen-bond acceptors (Lipinski definition) is 3. The zero-order valence-corrected chi connectivity index (χ0v) is 15.8. The first-order chi connectivity index (χ1) is 12.6. The van der Waals surface area contributed by atoms with Crippen molar-refractivity contribution in [1.29, 1.82) is 0 Å². The van der Waals surface area contributed by atoms with Gasteiger partial charge in [-0.1, -0.05) is 6.08 Å². The van der Waals surface area contributed by atoms with Crippen LogP contribution in [-0.2, 0) is 0 Å². The molecule has 4 nitrogen and oxygen atoms in total. The van der Waals surface area contributed by atoms with Crippen LogP contribution in [0.4, 0.5) is 0 Å². The van der Waals surface area contributed by atoms with Gasteiger partial charge in [0.15, 0.2) is 0 Å². The molecule has 3 saturated heterocycles. The highest BCUT2D eigenvalue weighted by atomic mass is 16.5. The summed E-state index contributed by atoms with van der Waals surface area (Å²) in [5.74, 6) is 2.04. The molecule has 2 aromatic rings. The zero-order chi connectivity index (χ0) is 18.3. The number of pyridine rings is 1. The molecule has 1 aromatic heterocycles. The van der Waals surface area contributed by atoms with Crippen LogP contribution in [0.3, 0.4) is 0 Å². The van der Waals surface area contributed by atoms with E-state index in [0.717, 1.165) is 46.2 Å². The minimum Gasteiger partial charge on any atom is -0.497 e. The van der Waals surface area contributed by atoms with E-state index in [9.17, 15) is 5.11 Å². The van der Waals surface area contributed by atoms with Crippen LogP contribution in [0.15, 0.2) is 43.1 Å². The van der Waals surface area contributed by atoms with Gasteiger partial charge in [-0.3, -0.25) is 4.98 Å². The van der Waals surface area contributed by atoms with Crippen molar-refractivity contribution in [3.63, 3.8) is 0 Å². The van der Waals surface area contributed by atoms with Gasteiger partial charge >= 0.3 is 0 Å². The fourth-order valence-corrected chi connectivity index (χ4v) is 5.38. The number of methoxy groups -OCH3 is 1. The van der Waals surface area contributed by atoms with Crippen LogP contribution in [0.1, 0.15) is 31.4 Å². The number of benzene rings is 1. The number of aromatic nitrogens is 1. The molecule has 0 amide bonds. The average Bonchev–Trinajstić information content (AvgIpc) is 2.72. The molecule has 0 radical (unpaired) electrons. The fourth-order valence-electron chi connectivity index (χ4n) is 5.38. The molecule has 26 heavy (non-hydrogen) atoms. The second-order valence-electron chi connectivity index (χ2n) is 7.92. The second-order valence-corrected chi connectivity index (χ2v) is 7.92. The molecule has 2 bridgehead atoms. The Bertz CT molecular complexity index is 821. The molecular formula is C22H29N2O2+. The molecule has 4 heteroatoms. The van der Waals surface area contributed by atoms with Crippen LogP contribution in [0.5, 0.6) is 5.75 Å². The molecule has 0 saturated carbocycles. The number of nitrogens with zero attached hydrogens (tertiary/aromatic N) is 2. The lowest BCUT2D eigenvalue weighted by Gasteiger charge is -2.57. The van der Waals surface area contributed by atoms with Gasteiger partial charge in [-0.2, -0.15) is 0 Å². The number of ether oxygens (including phenoxy) is 1. The summed E-state index contributed by atoms with van der Waals surface area (Å²) < 4.78 is 6.40. The van der Waals surface area contributed by atoms with E-state index in [1.165, 1.54) is 13.0 Å². The first-order valence-corrected chi connectivity index (χ1v) is 9.71. The minimum absolute atomic E-state index is 0.242. The molecule has 1 aromatic carbocycles. The molecular weight excluding hydrogens is 324 g/mol. The number of aliphatic hydroxyl groups is 1. The molecule has 1 N–H and O–H groups in total. The van der Waals surface area contributed by atoms with E-state index in [4.69, 9.17) is 4.74 Å². The second kappa shape index (κ2) is 6.67. The maximum atomic E-state index is 11.5. The van der Waals surface area contributed by atoms with Gasteiger partial charge in [0, 0.05) is 30.3 Å². The van der Waals surface area contributed by atoms with Crippen molar-refractivity contribution in [1.82, 2.24) is 4.98 Å². The van der Waals surface area contributed by atoms with E-state index in [0.29, 0.717) is 11.8 Å². The number of likely N-dealkylation sites (N-methyl/N-ethyl adjacent to an activating group) is 1. The number of hydrogen-bond donors (Lipinski definition) is 1. The summed E-state index contributed by atoms with van der Waals surface area (Å²) in [6, 6.07) is 8.11. The Hall–Kier alpha value is -1.91. The normalized spacial score (nSPS) is 31.7. The van der Waals surface area contributed by atoms with E-state index in [1.807, 2.05) is 30.5 Å². The molecule has 3 unspecified atom stereocenters. The van der Waals surface area contributed by atoms with Gasteiger partial charge in [-0.15, -0.1) is 6.58 Å². The summed E-state index contributed by atoms with van der Waals surface area (Å²) in [4.78, 5) is 4.47. The van der Waals surface area contributed by atoms with Gasteiger partial charge in [-0.25, -0.2) is 0 Å². The van der Waals surface area contributed by atoms with Gasteiger partial charge in [-0.05, 0) is 42.7 Å². The summed E-state index contributed by atoms with van der Waals surface area (Å²) >= 11 is 0. The molecule has 3 aliphatic heterocycles. The first-order valence-electron chi connectivity index (χ1n) is 9.71. The minimum atomic E-state index is -0.485. The van der Waals surface area contributed by atoms with Crippen LogP contribution in [0, 0.1) is 11.8 Å². The maximum Gasteiger partial charge on any atom is 0.131 e. The van der Waals surface area contributed by atoms with E-state index >= 15 is 0 Å². The highest BCUT2D eigenvalue weighted by molar-refractivity contribution is 5.83. The Morgan fingerprint density at radius 1 is 1.42 bits per heavy atom. The van der Waals surface area contributed by atoms with E-state index in [1.54, 1.807) is 7.11 Å². The standard InChI is InChI=1S/C22H29N2O2/c1-4-15-14-24(5-2)11-9-16(15)12-21(24)22(25)18-8-10-23-20-7-6-17(26-3)13-19(18)20/h4,6-8,10,13,15-16,21-22,25H,1,5,9,11-12,14H2,2-3H3/q+1/t15?,16?,21-,22+,24?/m1/s1. The number of quaternary nitrogens is 1. The lowest BCUT2D eigenvalue weighted by atomic mass is 9.71. The van der Waals surface area contributed by atoms with E-state index < -0.39 is 6.10 Å². The molecule has 3 aliphatic rings. The van der Waals surface area contributed by atoms with Gasteiger partial charge in [0.2, 0.25) is 0 Å². The predicted octanol–water partition coefficient (Wildman–Crippen LogP) is 3.71. The fraction of sp³-hybridized carbons (Fsp3) is 0.500. The largest absolute Gasteiger partial charge is 0.497 e. The lowest BCUT2D eigenvalue weighted by molar-refractivity contribution is -0.971. The quantitative estimate of drug-likeness (QED) is 0.658. The Morgan fingerprint density at radius 2 is 2.27 bits per heavy atom. The topological polar surface area (TPSA) is 42.4 Å². The van der Waals surface area contributed by atoms with Crippen molar-refractivity contribution in [3.05, 3.63) is 48.7 Å². The SMILES string of the molecule is C=CC1C[N+]2(CC)CCC1C[C@@H]2[C@@H](O)c1ccnc2ccc(OC)cc12. The number of fused-ring (bicyclic) bond motifs is 4. The third-order valence-electron chi connectivity index (χ3n) is 6.97. The number of piperidine rings is 3. The zero-order valence-electron chi connectivity index (χ0n) is 15.8. The molecule has 0 aliphatic carbocycles. The van der Waals surface area contributed by atoms with Crippen LogP contribution >= 0.6 is 0 Å².